The summed E-state index contributed by atoms with van der Waals surface area (Å²) in [5, 5.41) is 0. The number of hydrazine groups is 1. The van der Waals surface area contributed by atoms with Crippen LogP contribution in [0, 0.1) is 0 Å². The molecule has 0 saturated heterocycles. The maximum Gasteiger partial charge on any atom is 0.425 e. The number of amides is 1. The van der Waals surface area contributed by atoms with Crippen molar-refractivity contribution in [3.63, 3.8) is 0 Å². The van der Waals surface area contributed by atoms with Crippen LogP contribution in [0.3, 0.4) is 0 Å². The molecule has 1 rings (SSSR count). The number of methoxy groups -OCH3 is 2. The molecule has 15 heavy (non-hydrogen) atoms. The highest BCUT2D eigenvalue weighted by molar-refractivity contribution is 5.90. The van der Waals surface area contributed by atoms with Crippen LogP contribution in [-0.2, 0) is 14.3 Å². The maximum absolute atomic E-state index is 11.1. The van der Waals surface area contributed by atoms with E-state index >= 15 is 0 Å². The van der Waals surface area contributed by atoms with Crippen molar-refractivity contribution < 1.29 is 19.1 Å². The zero-order valence-corrected chi connectivity index (χ0v) is 8.57. The van der Waals surface area contributed by atoms with Crippen LogP contribution in [0.2, 0.25) is 0 Å². The van der Waals surface area contributed by atoms with Crippen LogP contribution in [0.15, 0.2) is 4.99 Å². The largest absolute Gasteiger partial charge is 0.467 e. The molecule has 0 aromatic carbocycles. The van der Waals surface area contributed by atoms with Crippen molar-refractivity contribution in [2.75, 3.05) is 14.2 Å². The van der Waals surface area contributed by atoms with Crippen molar-refractivity contribution in [2.45, 2.75) is 18.9 Å². The smallest absolute Gasteiger partial charge is 0.425 e. The summed E-state index contributed by atoms with van der Waals surface area (Å²) in [5.41, 5.74) is 4.82. The molecule has 0 aliphatic carbocycles. The first-order valence-corrected chi connectivity index (χ1v) is 4.42. The number of nitrogens with one attached hydrogen (secondary N) is 2. The second-order valence-corrected chi connectivity index (χ2v) is 2.90. The predicted molar refractivity (Wildman–Crippen MR) is 51.1 cm³/mol. The summed E-state index contributed by atoms with van der Waals surface area (Å²) in [5.74, 6) is 0.167. The van der Waals surface area contributed by atoms with Crippen LogP contribution in [0.4, 0.5) is 4.79 Å². The van der Waals surface area contributed by atoms with Crippen LogP contribution >= 0.6 is 0 Å². The van der Waals surface area contributed by atoms with Gasteiger partial charge in [0.25, 0.3) is 0 Å². The average molecular weight is 215 g/mol. The number of ether oxygens (including phenoxy) is 2. The van der Waals surface area contributed by atoms with Crippen LogP contribution < -0.4 is 10.9 Å². The molecule has 84 valence electrons. The number of carbonyl (C=O) groups excluding carboxylic acids is 2. The van der Waals surface area contributed by atoms with Crippen LogP contribution in [0.1, 0.15) is 12.8 Å². The number of aliphatic imine (C=N–C) groups is 1. The quantitative estimate of drug-likeness (QED) is 0.458. The Morgan fingerprint density at radius 1 is 1.40 bits per heavy atom. The molecule has 7 nitrogen and oxygen atoms in total. The van der Waals surface area contributed by atoms with E-state index in [0.29, 0.717) is 18.7 Å². The van der Waals surface area contributed by atoms with Crippen molar-refractivity contribution in [2.24, 2.45) is 4.99 Å². The lowest BCUT2D eigenvalue weighted by molar-refractivity contribution is -0.141. The molecule has 1 atom stereocenters. The molecule has 0 radical (unpaired) electrons. The minimum Gasteiger partial charge on any atom is -0.467 e. The van der Waals surface area contributed by atoms with Gasteiger partial charge in [0.15, 0.2) is 0 Å². The maximum atomic E-state index is 11.1. The number of hydrogen-bond donors (Lipinski definition) is 2. The highest BCUT2D eigenvalue weighted by Gasteiger charge is 2.24. The van der Waals surface area contributed by atoms with Crippen molar-refractivity contribution >= 4 is 17.9 Å². The zero-order valence-electron chi connectivity index (χ0n) is 8.57. The molecular formula is C8H13N3O4. The van der Waals surface area contributed by atoms with E-state index in [9.17, 15) is 9.59 Å². The Balaban J connectivity index is 2.38. The summed E-state index contributed by atoms with van der Waals surface area (Å²) in [7, 11) is 2.57. The standard InChI is InChI=1S/C8H13N3O4/c1-14-7(12)5-3-4-6(9-5)10-11-8(13)15-2/h5H,3-4H2,1-2H3,(H,9,10)(H,11,13). The Hall–Kier alpha value is -1.79. The molecule has 7 heteroatoms. The van der Waals surface area contributed by atoms with Gasteiger partial charge >= 0.3 is 12.1 Å². The van der Waals surface area contributed by atoms with Crippen molar-refractivity contribution in [1.82, 2.24) is 10.9 Å². The average Bonchev–Trinajstić information content (AvgIpc) is 2.73. The Morgan fingerprint density at radius 2 is 2.13 bits per heavy atom. The Labute approximate surface area is 86.8 Å². The van der Waals surface area contributed by atoms with E-state index in [1.807, 2.05) is 0 Å². The van der Waals surface area contributed by atoms with Gasteiger partial charge in [-0.05, 0) is 6.42 Å². The first-order chi connectivity index (χ1) is 7.17. The van der Waals surface area contributed by atoms with Gasteiger partial charge in [-0.3, -0.25) is 10.4 Å². The Bertz CT molecular complexity index is 290. The fourth-order valence-electron chi connectivity index (χ4n) is 1.17. The normalized spacial score (nSPS) is 19.1. The van der Waals surface area contributed by atoms with Crippen molar-refractivity contribution in [3.05, 3.63) is 0 Å². The van der Waals surface area contributed by atoms with Crippen LogP contribution in [0.25, 0.3) is 0 Å². The molecule has 0 spiro atoms. The van der Waals surface area contributed by atoms with Crippen LogP contribution in [-0.4, -0.2) is 38.2 Å². The van der Waals surface area contributed by atoms with Gasteiger partial charge in [-0.1, -0.05) is 0 Å². The summed E-state index contributed by atoms with van der Waals surface area (Å²) in [4.78, 5) is 25.8. The summed E-state index contributed by atoms with van der Waals surface area (Å²) >= 11 is 0. The SMILES string of the molecule is COC(=O)NNC1=NC(C(=O)OC)CC1. The molecule has 0 fully saturated rings. The summed E-state index contributed by atoms with van der Waals surface area (Å²) in [6.07, 6.45) is 0.556. The molecule has 1 heterocycles. The van der Waals surface area contributed by atoms with Gasteiger partial charge in [0.2, 0.25) is 0 Å². The predicted octanol–water partition coefficient (Wildman–Crippen LogP) is -0.419. The first-order valence-electron chi connectivity index (χ1n) is 4.42. The molecule has 1 aliphatic heterocycles. The monoisotopic (exact) mass is 215 g/mol. The number of hydrogen-bond acceptors (Lipinski definition) is 6. The number of amidine groups is 1. The first kappa shape index (κ1) is 11.3. The zero-order chi connectivity index (χ0) is 11.3. The topological polar surface area (TPSA) is 89.0 Å². The van der Waals surface area contributed by atoms with Gasteiger partial charge in [0.1, 0.15) is 11.9 Å². The van der Waals surface area contributed by atoms with E-state index in [0.717, 1.165) is 0 Å². The minimum atomic E-state index is -0.612. The molecule has 1 unspecified atom stereocenters. The fourth-order valence-corrected chi connectivity index (χ4v) is 1.17. The lowest BCUT2D eigenvalue weighted by Gasteiger charge is -2.05. The van der Waals surface area contributed by atoms with Gasteiger partial charge < -0.3 is 9.47 Å². The molecule has 1 amide bonds. The Morgan fingerprint density at radius 3 is 2.73 bits per heavy atom. The van der Waals surface area contributed by atoms with Crippen molar-refractivity contribution in [1.29, 1.82) is 0 Å². The molecule has 0 aromatic heterocycles. The van der Waals surface area contributed by atoms with Gasteiger partial charge in [-0.2, -0.15) is 0 Å². The van der Waals surface area contributed by atoms with E-state index in [-0.39, 0.29) is 5.97 Å². The lowest BCUT2D eigenvalue weighted by Crippen LogP contribution is -2.40. The highest BCUT2D eigenvalue weighted by atomic mass is 16.5. The van der Waals surface area contributed by atoms with E-state index in [1.54, 1.807) is 0 Å². The van der Waals surface area contributed by atoms with Crippen LogP contribution in [0.5, 0.6) is 0 Å². The second kappa shape index (κ2) is 5.18. The molecule has 2 N–H and O–H groups in total. The third-order valence-electron chi connectivity index (χ3n) is 1.93. The van der Waals surface area contributed by atoms with E-state index in [2.05, 4.69) is 25.3 Å². The highest BCUT2D eigenvalue weighted by Crippen LogP contribution is 2.12. The van der Waals surface area contributed by atoms with E-state index in [1.165, 1.54) is 14.2 Å². The van der Waals surface area contributed by atoms with Gasteiger partial charge in [0.05, 0.1) is 14.2 Å². The van der Waals surface area contributed by atoms with Crippen molar-refractivity contribution in [3.8, 4) is 0 Å². The summed E-state index contributed by atoms with van der Waals surface area (Å²) in [6, 6.07) is -0.475. The lowest BCUT2D eigenvalue weighted by atomic mass is 10.2. The number of nitrogens with zero attached hydrogens (tertiary/aromatic N) is 1. The summed E-state index contributed by atoms with van der Waals surface area (Å²) < 4.78 is 8.89. The Kier molecular flexibility index (Phi) is 3.90. The van der Waals surface area contributed by atoms with Gasteiger partial charge in [-0.25, -0.2) is 15.0 Å². The van der Waals surface area contributed by atoms with Gasteiger partial charge in [0, 0.05) is 6.42 Å². The minimum absolute atomic E-state index is 0.370. The molecule has 0 saturated carbocycles. The third-order valence-corrected chi connectivity index (χ3v) is 1.93. The fraction of sp³-hybridized carbons (Fsp3) is 0.625. The third kappa shape index (κ3) is 3.12. The summed E-state index contributed by atoms with van der Waals surface area (Å²) in [6.45, 7) is 0. The van der Waals surface area contributed by atoms with Gasteiger partial charge in [-0.15, -0.1) is 0 Å². The number of esters is 1. The van der Waals surface area contributed by atoms with E-state index in [4.69, 9.17) is 0 Å². The van der Waals surface area contributed by atoms with E-state index < -0.39 is 12.1 Å². The molecule has 0 bridgehead atoms. The number of carbonyl (C=O) groups is 2. The molecule has 0 aromatic rings. The second-order valence-electron chi connectivity index (χ2n) is 2.90. The molecular weight excluding hydrogens is 202 g/mol. The number of rotatable bonds is 1. The molecule has 1 aliphatic rings.